The molecular formula is C14H25NO. The number of rotatable bonds is 4. The molecule has 0 aromatic rings. The maximum atomic E-state index is 5.58. The van der Waals surface area contributed by atoms with Crippen LogP contribution in [0.15, 0.2) is 12.3 Å². The van der Waals surface area contributed by atoms with Crippen LogP contribution in [0.2, 0.25) is 0 Å². The molecule has 16 heavy (non-hydrogen) atoms. The quantitative estimate of drug-likeness (QED) is 0.790. The summed E-state index contributed by atoms with van der Waals surface area (Å²) in [5, 5.41) is 3.70. The van der Waals surface area contributed by atoms with Gasteiger partial charge in [0.2, 0.25) is 0 Å². The summed E-state index contributed by atoms with van der Waals surface area (Å²) in [5.74, 6) is 0.957. The highest BCUT2D eigenvalue weighted by molar-refractivity contribution is 4.84. The minimum atomic E-state index is 0.409. The van der Waals surface area contributed by atoms with Gasteiger partial charge in [0, 0.05) is 12.6 Å². The second-order valence-electron chi connectivity index (χ2n) is 5.25. The van der Waals surface area contributed by atoms with Crippen molar-refractivity contribution in [2.45, 2.75) is 64.0 Å². The lowest BCUT2D eigenvalue weighted by atomic mass is 9.84. The fraction of sp³-hybridized carbons (Fsp3) is 0.857. The number of nitrogens with one attached hydrogen (secondary N) is 1. The van der Waals surface area contributed by atoms with Crippen molar-refractivity contribution in [3.8, 4) is 0 Å². The second-order valence-corrected chi connectivity index (χ2v) is 5.25. The number of hydrogen-bond acceptors (Lipinski definition) is 2. The Balaban J connectivity index is 1.66. The molecule has 0 radical (unpaired) electrons. The van der Waals surface area contributed by atoms with E-state index in [9.17, 15) is 0 Å². The monoisotopic (exact) mass is 223 g/mol. The van der Waals surface area contributed by atoms with E-state index in [1.165, 1.54) is 44.9 Å². The van der Waals surface area contributed by atoms with Crippen molar-refractivity contribution in [1.29, 1.82) is 0 Å². The summed E-state index contributed by atoms with van der Waals surface area (Å²) in [7, 11) is 0. The van der Waals surface area contributed by atoms with Gasteiger partial charge in [0.25, 0.3) is 0 Å². The third-order valence-electron chi connectivity index (χ3n) is 4.02. The zero-order valence-electron chi connectivity index (χ0n) is 10.5. The van der Waals surface area contributed by atoms with E-state index in [1.54, 1.807) is 0 Å². The molecule has 0 spiro atoms. The van der Waals surface area contributed by atoms with Crippen LogP contribution in [0.1, 0.15) is 51.9 Å². The maximum Gasteiger partial charge on any atom is 0.110 e. The molecule has 0 aromatic heterocycles. The summed E-state index contributed by atoms with van der Waals surface area (Å²) in [6.45, 7) is 3.35. The number of ether oxygens (including phenoxy) is 1. The molecule has 1 aliphatic heterocycles. The molecule has 1 heterocycles. The Kier molecular flexibility index (Phi) is 4.70. The van der Waals surface area contributed by atoms with Gasteiger partial charge in [0.1, 0.15) is 6.10 Å². The SMILES string of the molecule is CCC1CCCC(NCC2CCC=CO2)C1. The van der Waals surface area contributed by atoms with E-state index >= 15 is 0 Å². The van der Waals surface area contributed by atoms with Crippen molar-refractivity contribution in [3.63, 3.8) is 0 Å². The molecule has 1 N–H and O–H groups in total. The van der Waals surface area contributed by atoms with Crippen molar-refractivity contribution >= 4 is 0 Å². The van der Waals surface area contributed by atoms with Gasteiger partial charge in [0.05, 0.1) is 6.26 Å². The summed E-state index contributed by atoms with van der Waals surface area (Å²) >= 11 is 0. The van der Waals surface area contributed by atoms with Gasteiger partial charge in [0.15, 0.2) is 0 Å². The molecule has 0 saturated heterocycles. The van der Waals surface area contributed by atoms with E-state index in [1.807, 2.05) is 6.26 Å². The van der Waals surface area contributed by atoms with Crippen LogP contribution in [0.5, 0.6) is 0 Å². The van der Waals surface area contributed by atoms with Gasteiger partial charge in [-0.1, -0.05) is 26.2 Å². The molecule has 92 valence electrons. The van der Waals surface area contributed by atoms with E-state index in [0.717, 1.165) is 18.5 Å². The Bertz CT molecular complexity index is 227. The smallest absolute Gasteiger partial charge is 0.110 e. The third kappa shape index (κ3) is 3.51. The molecule has 2 rings (SSSR count). The Morgan fingerprint density at radius 1 is 1.31 bits per heavy atom. The van der Waals surface area contributed by atoms with Crippen LogP contribution in [0.3, 0.4) is 0 Å². The molecule has 1 saturated carbocycles. The van der Waals surface area contributed by atoms with Gasteiger partial charge in [-0.2, -0.15) is 0 Å². The van der Waals surface area contributed by atoms with Crippen LogP contribution in [-0.2, 0) is 4.74 Å². The highest BCUT2D eigenvalue weighted by Gasteiger charge is 2.21. The first-order valence-corrected chi connectivity index (χ1v) is 6.92. The molecular weight excluding hydrogens is 198 g/mol. The topological polar surface area (TPSA) is 21.3 Å². The second kappa shape index (κ2) is 6.29. The lowest BCUT2D eigenvalue weighted by molar-refractivity contribution is 0.115. The van der Waals surface area contributed by atoms with Crippen LogP contribution in [0.25, 0.3) is 0 Å². The van der Waals surface area contributed by atoms with Gasteiger partial charge in [-0.05, 0) is 37.7 Å². The molecule has 1 aliphatic carbocycles. The molecule has 0 amide bonds. The molecule has 2 heteroatoms. The summed E-state index contributed by atoms with van der Waals surface area (Å²) in [6.07, 6.45) is 13.7. The predicted molar refractivity (Wildman–Crippen MR) is 67.3 cm³/mol. The molecule has 0 bridgehead atoms. The first kappa shape index (κ1) is 12.0. The lowest BCUT2D eigenvalue weighted by Crippen LogP contribution is -2.39. The van der Waals surface area contributed by atoms with E-state index in [-0.39, 0.29) is 0 Å². The molecule has 0 aromatic carbocycles. The van der Waals surface area contributed by atoms with E-state index in [4.69, 9.17) is 4.74 Å². The van der Waals surface area contributed by atoms with Crippen LogP contribution < -0.4 is 5.32 Å². The molecule has 3 unspecified atom stereocenters. The van der Waals surface area contributed by atoms with Crippen LogP contribution in [0, 0.1) is 5.92 Å². The van der Waals surface area contributed by atoms with Crippen LogP contribution in [0.4, 0.5) is 0 Å². The van der Waals surface area contributed by atoms with Crippen molar-refractivity contribution in [2.24, 2.45) is 5.92 Å². The highest BCUT2D eigenvalue weighted by Crippen LogP contribution is 2.26. The van der Waals surface area contributed by atoms with Gasteiger partial charge >= 0.3 is 0 Å². The molecule has 3 atom stereocenters. The minimum absolute atomic E-state index is 0.409. The van der Waals surface area contributed by atoms with Gasteiger partial charge in [-0.25, -0.2) is 0 Å². The fourth-order valence-electron chi connectivity index (χ4n) is 2.88. The van der Waals surface area contributed by atoms with E-state index < -0.39 is 0 Å². The zero-order valence-corrected chi connectivity index (χ0v) is 10.5. The number of hydrogen-bond donors (Lipinski definition) is 1. The Labute approximate surface area is 99.4 Å². The number of allylic oxidation sites excluding steroid dienone is 1. The summed E-state index contributed by atoms with van der Waals surface area (Å²) in [4.78, 5) is 0. The van der Waals surface area contributed by atoms with Gasteiger partial charge in [-0.15, -0.1) is 0 Å². The van der Waals surface area contributed by atoms with Crippen LogP contribution in [-0.4, -0.2) is 18.7 Å². The maximum absolute atomic E-state index is 5.58. The largest absolute Gasteiger partial charge is 0.497 e. The molecule has 2 aliphatic rings. The Morgan fingerprint density at radius 2 is 2.25 bits per heavy atom. The van der Waals surface area contributed by atoms with E-state index in [2.05, 4.69) is 18.3 Å². The average Bonchev–Trinajstić information content (AvgIpc) is 2.38. The van der Waals surface area contributed by atoms with Crippen LogP contribution >= 0.6 is 0 Å². The summed E-state index contributed by atoms with van der Waals surface area (Å²) in [5.41, 5.74) is 0. The van der Waals surface area contributed by atoms with Crippen molar-refractivity contribution in [2.75, 3.05) is 6.54 Å². The highest BCUT2D eigenvalue weighted by atomic mass is 16.5. The Hall–Kier alpha value is -0.500. The lowest BCUT2D eigenvalue weighted by Gasteiger charge is -2.30. The molecule has 1 fully saturated rings. The van der Waals surface area contributed by atoms with Crippen molar-refractivity contribution < 1.29 is 4.74 Å². The van der Waals surface area contributed by atoms with Crippen molar-refractivity contribution in [3.05, 3.63) is 12.3 Å². The normalized spacial score (nSPS) is 34.7. The average molecular weight is 223 g/mol. The summed E-state index contributed by atoms with van der Waals surface area (Å²) < 4.78 is 5.58. The van der Waals surface area contributed by atoms with Gasteiger partial charge < -0.3 is 10.1 Å². The Morgan fingerprint density at radius 3 is 3.00 bits per heavy atom. The van der Waals surface area contributed by atoms with Gasteiger partial charge in [-0.3, -0.25) is 0 Å². The standard InChI is InChI=1S/C14H25NO/c1-2-12-6-5-7-13(10-12)15-11-14-8-3-4-9-16-14/h4,9,12-15H,2-3,5-8,10-11H2,1H3. The summed E-state index contributed by atoms with van der Waals surface area (Å²) in [6, 6.07) is 0.744. The first-order valence-electron chi connectivity index (χ1n) is 6.92. The predicted octanol–water partition coefficient (Wildman–Crippen LogP) is 3.24. The van der Waals surface area contributed by atoms with Crippen molar-refractivity contribution in [1.82, 2.24) is 5.32 Å². The first-order chi connectivity index (χ1) is 7.88. The molecule has 2 nitrogen and oxygen atoms in total. The fourth-order valence-corrected chi connectivity index (χ4v) is 2.88. The minimum Gasteiger partial charge on any atom is -0.497 e. The third-order valence-corrected chi connectivity index (χ3v) is 4.02. The zero-order chi connectivity index (χ0) is 11.2. The van der Waals surface area contributed by atoms with E-state index in [0.29, 0.717) is 6.10 Å².